The van der Waals surface area contributed by atoms with E-state index in [0.717, 1.165) is 18.4 Å². The van der Waals surface area contributed by atoms with E-state index in [1.807, 2.05) is 18.2 Å². The third-order valence-corrected chi connectivity index (χ3v) is 6.64. The van der Waals surface area contributed by atoms with Gasteiger partial charge in [-0.25, -0.2) is 14.2 Å². The van der Waals surface area contributed by atoms with Gasteiger partial charge < -0.3 is 19.5 Å². The molecule has 1 saturated heterocycles. The lowest BCUT2D eigenvalue weighted by Crippen LogP contribution is -2.45. The molecule has 3 aromatic rings. The molecule has 2 atom stereocenters. The summed E-state index contributed by atoms with van der Waals surface area (Å²) in [6.07, 6.45) is 3.40. The van der Waals surface area contributed by atoms with E-state index >= 15 is 0 Å². The Hall–Kier alpha value is -4.14. The molecule has 1 N–H and O–H groups in total. The Balaban J connectivity index is 1.18. The van der Waals surface area contributed by atoms with Crippen molar-refractivity contribution in [3.8, 4) is 17.4 Å². The molecule has 3 heterocycles. The fourth-order valence-corrected chi connectivity index (χ4v) is 4.82. The van der Waals surface area contributed by atoms with E-state index < -0.39 is 17.7 Å². The molecule has 1 fully saturated rings. The summed E-state index contributed by atoms with van der Waals surface area (Å²) in [5, 5.41) is 2.84. The Kier molecular flexibility index (Phi) is 7.41. The molecule has 5 rings (SSSR count). The molecular formula is C30H32FN3O5. The number of aromatic nitrogens is 1. The fourth-order valence-electron chi connectivity index (χ4n) is 4.82. The van der Waals surface area contributed by atoms with E-state index in [1.165, 1.54) is 17.2 Å². The first-order valence-electron chi connectivity index (χ1n) is 13.1. The number of nitrogens with one attached hydrogen (secondary N) is 1. The Labute approximate surface area is 227 Å². The highest BCUT2D eigenvalue weighted by molar-refractivity contribution is 5.96. The van der Waals surface area contributed by atoms with Crippen molar-refractivity contribution in [2.45, 2.75) is 64.2 Å². The summed E-state index contributed by atoms with van der Waals surface area (Å²) in [5.74, 6) is 1.13. The maximum Gasteiger partial charge on any atom is 0.410 e. The zero-order chi connectivity index (χ0) is 27.6. The molecule has 0 aliphatic carbocycles. The smallest absolute Gasteiger partial charge is 0.410 e. The number of likely N-dealkylation sites (tertiary alicyclic amines) is 1. The fraction of sp³-hybridized carbons (Fsp3) is 0.367. The van der Waals surface area contributed by atoms with E-state index in [1.54, 1.807) is 51.1 Å². The van der Waals surface area contributed by atoms with E-state index in [4.69, 9.17) is 14.2 Å². The molecule has 2 aromatic carbocycles. The van der Waals surface area contributed by atoms with Crippen molar-refractivity contribution >= 4 is 17.7 Å². The van der Waals surface area contributed by atoms with Gasteiger partial charge in [0.15, 0.2) is 0 Å². The predicted molar refractivity (Wildman–Crippen MR) is 143 cm³/mol. The standard InChI is InChI=1S/C30H32FN3O5/c1-30(2,3)39-29(36)34-16-6-9-24(34)28(35)33-20-11-15-27(32-18-20)37-21-12-14-25-19(17-21)10-13-26(38-25)22-7-4-5-8-23(22)31/h4-5,7-8,11-12,14-15,17-18,24,26H,6,9-10,13,16H2,1-3H3,(H,33,35). The van der Waals surface area contributed by atoms with Crippen molar-refractivity contribution in [1.29, 1.82) is 0 Å². The first-order valence-corrected chi connectivity index (χ1v) is 13.1. The van der Waals surface area contributed by atoms with Crippen molar-refractivity contribution in [3.05, 3.63) is 77.7 Å². The number of hydrogen-bond acceptors (Lipinski definition) is 6. The van der Waals surface area contributed by atoms with Crippen LogP contribution in [0.1, 0.15) is 57.3 Å². The van der Waals surface area contributed by atoms with Crippen LogP contribution in [0.3, 0.4) is 0 Å². The van der Waals surface area contributed by atoms with Crippen LogP contribution in [0, 0.1) is 5.82 Å². The number of carbonyl (C=O) groups is 2. The number of amides is 2. The molecule has 2 aliphatic heterocycles. The van der Waals surface area contributed by atoms with Crippen molar-refractivity contribution in [2.24, 2.45) is 0 Å². The van der Waals surface area contributed by atoms with Gasteiger partial charge in [-0.05, 0) is 82.3 Å². The number of benzene rings is 2. The lowest BCUT2D eigenvalue weighted by Gasteiger charge is -2.28. The van der Waals surface area contributed by atoms with Crippen LogP contribution in [-0.4, -0.2) is 40.1 Å². The number of pyridine rings is 1. The summed E-state index contributed by atoms with van der Waals surface area (Å²) >= 11 is 0. The molecule has 1 aromatic heterocycles. The molecule has 0 bridgehead atoms. The Morgan fingerprint density at radius 2 is 1.92 bits per heavy atom. The zero-order valence-corrected chi connectivity index (χ0v) is 22.3. The number of halogens is 1. The van der Waals surface area contributed by atoms with Gasteiger partial charge in [-0.3, -0.25) is 9.69 Å². The maximum absolute atomic E-state index is 14.2. The number of nitrogens with zero attached hydrogens (tertiary/aromatic N) is 2. The number of ether oxygens (including phenoxy) is 3. The lowest BCUT2D eigenvalue weighted by atomic mass is 9.97. The van der Waals surface area contributed by atoms with Gasteiger partial charge in [0.1, 0.15) is 35.1 Å². The number of hydrogen-bond donors (Lipinski definition) is 1. The minimum Gasteiger partial charge on any atom is -0.485 e. The summed E-state index contributed by atoms with van der Waals surface area (Å²) in [5.41, 5.74) is 1.41. The molecule has 0 radical (unpaired) electrons. The number of rotatable bonds is 5. The van der Waals surface area contributed by atoms with Gasteiger partial charge in [0.25, 0.3) is 0 Å². The van der Waals surface area contributed by atoms with Gasteiger partial charge in [-0.1, -0.05) is 18.2 Å². The van der Waals surface area contributed by atoms with E-state index in [2.05, 4.69) is 10.3 Å². The molecule has 0 spiro atoms. The number of aryl methyl sites for hydroxylation is 1. The normalized spacial score (nSPS) is 18.6. The SMILES string of the molecule is CC(C)(C)OC(=O)N1CCCC1C(=O)Nc1ccc(Oc2ccc3c(c2)CCC(c2ccccc2F)O3)nc1. The quantitative estimate of drug-likeness (QED) is 0.407. The van der Waals surface area contributed by atoms with Crippen LogP contribution in [0.4, 0.5) is 14.9 Å². The average molecular weight is 534 g/mol. The van der Waals surface area contributed by atoms with E-state index in [0.29, 0.717) is 48.0 Å². The monoisotopic (exact) mass is 533 g/mol. The van der Waals surface area contributed by atoms with Gasteiger partial charge in [0.05, 0.1) is 11.9 Å². The van der Waals surface area contributed by atoms with Gasteiger partial charge in [-0.15, -0.1) is 0 Å². The topological polar surface area (TPSA) is 90.0 Å². The molecule has 8 nitrogen and oxygen atoms in total. The first-order chi connectivity index (χ1) is 18.7. The molecule has 39 heavy (non-hydrogen) atoms. The number of fused-ring (bicyclic) bond motifs is 1. The van der Waals surface area contributed by atoms with Crippen molar-refractivity contribution < 1.29 is 28.2 Å². The zero-order valence-electron chi connectivity index (χ0n) is 22.3. The van der Waals surface area contributed by atoms with Gasteiger partial charge in [0, 0.05) is 18.2 Å². The molecule has 2 unspecified atom stereocenters. The molecular weight excluding hydrogens is 501 g/mol. The second-order valence-corrected chi connectivity index (χ2v) is 10.7. The minimum atomic E-state index is -0.629. The second kappa shape index (κ2) is 10.9. The Bertz CT molecular complexity index is 1360. The second-order valence-electron chi connectivity index (χ2n) is 10.7. The highest BCUT2D eigenvalue weighted by Crippen LogP contribution is 2.38. The van der Waals surface area contributed by atoms with Crippen molar-refractivity contribution in [2.75, 3.05) is 11.9 Å². The maximum atomic E-state index is 14.2. The van der Waals surface area contributed by atoms with Gasteiger partial charge in [0.2, 0.25) is 11.8 Å². The molecule has 204 valence electrons. The lowest BCUT2D eigenvalue weighted by molar-refractivity contribution is -0.120. The Morgan fingerprint density at radius 3 is 2.67 bits per heavy atom. The first kappa shape index (κ1) is 26.5. The van der Waals surface area contributed by atoms with Crippen LogP contribution in [0.15, 0.2) is 60.8 Å². The third-order valence-electron chi connectivity index (χ3n) is 6.64. The minimum absolute atomic E-state index is 0.264. The predicted octanol–water partition coefficient (Wildman–Crippen LogP) is 6.42. The summed E-state index contributed by atoms with van der Waals surface area (Å²) < 4.78 is 31.6. The molecule has 2 aliphatic rings. The number of carbonyl (C=O) groups excluding carboxylic acids is 2. The van der Waals surface area contributed by atoms with Crippen LogP contribution >= 0.6 is 0 Å². The van der Waals surface area contributed by atoms with Crippen LogP contribution in [0.5, 0.6) is 17.4 Å². The van der Waals surface area contributed by atoms with Crippen molar-refractivity contribution in [3.63, 3.8) is 0 Å². The Morgan fingerprint density at radius 1 is 1.10 bits per heavy atom. The number of anilines is 1. The summed E-state index contributed by atoms with van der Waals surface area (Å²) in [6.45, 7) is 5.88. The van der Waals surface area contributed by atoms with Gasteiger partial charge >= 0.3 is 6.09 Å². The summed E-state index contributed by atoms with van der Waals surface area (Å²) in [6, 6.07) is 15.0. The van der Waals surface area contributed by atoms with Crippen LogP contribution < -0.4 is 14.8 Å². The van der Waals surface area contributed by atoms with Crippen molar-refractivity contribution in [1.82, 2.24) is 9.88 Å². The van der Waals surface area contributed by atoms with Gasteiger partial charge in [-0.2, -0.15) is 0 Å². The highest BCUT2D eigenvalue weighted by atomic mass is 19.1. The average Bonchev–Trinajstić information content (AvgIpc) is 3.40. The van der Waals surface area contributed by atoms with Crippen LogP contribution in [-0.2, 0) is 16.0 Å². The largest absolute Gasteiger partial charge is 0.485 e. The molecule has 2 amide bonds. The molecule has 0 saturated carbocycles. The molecule has 9 heteroatoms. The van der Waals surface area contributed by atoms with Crippen LogP contribution in [0.25, 0.3) is 0 Å². The third kappa shape index (κ3) is 6.30. The summed E-state index contributed by atoms with van der Waals surface area (Å²) in [4.78, 5) is 31.2. The van der Waals surface area contributed by atoms with Crippen LogP contribution in [0.2, 0.25) is 0 Å². The van der Waals surface area contributed by atoms with E-state index in [9.17, 15) is 14.0 Å². The highest BCUT2D eigenvalue weighted by Gasteiger charge is 2.36. The summed E-state index contributed by atoms with van der Waals surface area (Å²) in [7, 11) is 0. The van der Waals surface area contributed by atoms with E-state index in [-0.39, 0.29) is 17.8 Å².